The molecule has 2 fully saturated rings. The van der Waals surface area contributed by atoms with E-state index in [9.17, 15) is 14.0 Å². The molecule has 0 bridgehead atoms. The van der Waals surface area contributed by atoms with Crippen LogP contribution in [0.5, 0.6) is 5.88 Å². The summed E-state index contributed by atoms with van der Waals surface area (Å²) in [4.78, 5) is 48.6. The number of thioether (sulfide) groups is 1. The number of halogens is 1. The van der Waals surface area contributed by atoms with E-state index in [-0.39, 0.29) is 11.6 Å². The summed E-state index contributed by atoms with van der Waals surface area (Å²) in [5.74, 6) is 0.363. The third-order valence-electron chi connectivity index (χ3n) is 6.51. The minimum atomic E-state index is -0.774. The number of amides is 2. The molecule has 0 aliphatic carbocycles. The smallest absolute Gasteiger partial charge is 0.409 e. The van der Waals surface area contributed by atoms with E-state index in [1.165, 1.54) is 31.3 Å². The first-order valence-corrected chi connectivity index (χ1v) is 13.8. The van der Waals surface area contributed by atoms with Crippen LogP contribution in [0.3, 0.4) is 0 Å². The van der Waals surface area contributed by atoms with Crippen LogP contribution in [0.15, 0.2) is 43.1 Å². The van der Waals surface area contributed by atoms with Crippen LogP contribution in [0.2, 0.25) is 0 Å². The summed E-state index contributed by atoms with van der Waals surface area (Å²) in [7, 11) is 1.46. The summed E-state index contributed by atoms with van der Waals surface area (Å²) in [5.41, 5.74) is -0.667. The van der Waals surface area contributed by atoms with Crippen molar-refractivity contribution < 1.29 is 23.5 Å². The lowest BCUT2D eigenvalue weighted by molar-refractivity contribution is 0.0502. The average molecular weight is 584 g/mol. The van der Waals surface area contributed by atoms with Crippen LogP contribution in [0.4, 0.5) is 20.8 Å². The lowest BCUT2D eigenvalue weighted by Gasteiger charge is -2.43. The maximum atomic E-state index is 13.5. The number of hydrogen-bond donors (Lipinski definition) is 3. The van der Waals surface area contributed by atoms with Crippen molar-refractivity contribution in [2.24, 2.45) is 5.92 Å². The van der Waals surface area contributed by atoms with Crippen LogP contribution in [-0.2, 0) is 10.3 Å². The Morgan fingerprint density at radius 2 is 1.93 bits per heavy atom. The van der Waals surface area contributed by atoms with E-state index >= 15 is 0 Å². The minimum absolute atomic E-state index is 0.00347. The molecule has 15 heteroatoms. The quantitative estimate of drug-likeness (QED) is 0.390. The van der Waals surface area contributed by atoms with Gasteiger partial charge in [0, 0.05) is 36.6 Å². The molecule has 13 nitrogen and oxygen atoms in total. The largest absolute Gasteiger partial charge is 0.480 e. The van der Waals surface area contributed by atoms with Crippen molar-refractivity contribution >= 4 is 35.4 Å². The number of ether oxygens (including phenoxy) is 2. The van der Waals surface area contributed by atoms with Gasteiger partial charge < -0.3 is 19.7 Å². The molecule has 5 rings (SSSR count). The first kappa shape index (κ1) is 28.4. The molecule has 2 amide bonds. The van der Waals surface area contributed by atoms with Gasteiger partial charge in [0.25, 0.3) is 5.91 Å². The molecule has 3 atom stereocenters. The number of carbonyl (C=O) groups is 2. The summed E-state index contributed by atoms with van der Waals surface area (Å²) >= 11 is 1.53. The second-order valence-electron chi connectivity index (χ2n) is 10.6. The standard InChI is InChI=1S/C26H30FN9O4S/c1-25(2,3)40-24(38)34-23-35-26(14-36(12-15(26)13-41-23)22-31-8-16(27)9-32-22)19-7-17(5-6-28-19)33-21(37)18-10-30-20(39-4)11-29-18/h5-11,15,23,35H,12-14H2,1-4H3,(H,34,38)(H,28,33,37)/t15-,23?,26-/m0/s1. The van der Waals surface area contributed by atoms with E-state index in [1.807, 2.05) is 4.90 Å². The Kier molecular flexibility index (Phi) is 7.91. The van der Waals surface area contributed by atoms with Gasteiger partial charge in [0.1, 0.15) is 16.8 Å². The molecule has 1 unspecified atom stereocenters. The highest BCUT2D eigenvalue weighted by Crippen LogP contribution is 2.44. The molecule has 3 aromatic rings. The Bertz CT molecular complexity index is 1410. The molecule has 3 N–H and O–H groups in total. The zero-order valence-electron chi connectivity index (χ0n) is 22.9. The molecule has 216 valence electrons. The van der Waals surface area contributed by atoms with E-state index < -0.39 is 34.5 Å². The predicted octanol–water partition coefficient (Wildman–Crippen LogP) is 2.54. The Hall–Kier alpha value is -4.11. The monoisotopic (exact) mass is 583 g/mol. The highest BCUT2D eigenvalue weighted by molar-refractivity contribution is 7.99. The molecule has 0 aromatic carbocycles. The van der Waals surface area contributed by atoms with Crippen LogP contribution in [0.1, 0.15) is 37.0 Å². The molecule has 2 aliphatic rings. The summed E-state index contributed by atoms with van der Waals surface area (Å²) in [6.45, 7) is 6.33. The van der Waals surface area contributed by atoms with E-state index in [2.05, 4.69) is 40.9 Å². The molecular weight excluding hydrogens is 553 g/mol. The van der Waals surface area contributed by atoms with Crippen LogP contribution >= 0.6 is 11.8 Å². The highest BCUT2D eigenvalue weighted by Gasteiger charge is 2.53. The Balaban J connectivity index is 1.42. The van der Waals surface area contributed by atoms with Crippen molar-refractivity contribution in [1.29, 1.82) is 0 Å². The molecule has 0 spiro atoms. The maximum absolute atomic E-state index is 13.5. The Morgan fingerprint density at radius 1 is 1.15 bits per heavy atom. The van der Waals surface area contributed by atoms with E-state index in [0.717, 1.165) is 12.4 Å². The van der Waals surface area contributed by atoms with Crippen molar-refractivity contribution in [2.75, 3.05) is 36.2 Å². The van der Waals surface area contributed by atoms with Crippen molar-refractivity contribution in [3.05, 3.63) is 60.3 Å². The number of anilines is 2. The molecule has 0 radical (unpaired) electrons. The fourth-order valence-electron chi connectivity index (χ4n) is 4.73. The second-order valence-corrected chi connectivity index (χ2v) is 11.7. The van der Waals surface area contributed by atoms with Crippen LogP contribution < -0.4 is 25.6 Å². The third kappa shape index (κ3) is 6.46. The number of pyridine rings is 1. The van der Waals surface area contributed by atoms with E-state index in [0.29, 0.717) is 42.1 Å². The lowest BCUT2D eigenvalue weighted by Crippen LogP contribution is -2.61. The second kappa shape index (κ2) is 11.4. The van der Waals surface area contributed by atoms with Gasteiger partial charge in [0.15, 0.2) is 5.82 Å². The SMILES string of the molecule is COc1cnc(C(=O)Nc2ccnc([C@]34CN(c5ncc(F)cn5)C[C@H]3CSC(NC(=O)OC(C)(C)C)N4)c2)cn1. The van der Waals surface area contributed by atoms with Crippen molar-refractivity contribution in [3.8, 4) is 5.88 Å². The number of rotatable bonds is 6. The lowest BCUT2D eigenvalue weighted by atomic mass is 9.84. The fraction of sp³-hybridized carbons (Fsp3) is 0.423. The van der Waals surface area contributed by atoms with Gasteiger partial charge in [-0.2, -0.15) is 0 Å². The number of carbonyl (C=O) groups excluding carboxylic acids is 2. The summed E-state index contributed by atoms with van der Waals surface area (Å²) in [5, 5.41) is 9.30. The van der Waals surface area contributed by atoms with Gasteiger partial charge in [0.2, 0.25) is 11.8 Å². The van der Waals surface area contributed by atoms with Gasteiger partial charge in [-0.05, 0) is 32.9 Å². The molecule has 0 saturated carbocycles. The van der Waals surface area contributed by atoms with Gasteiger partial charge in [-0.15, -0.1) is 11.8 Å². The first-order valence-electron chi connectivity index (χ1n) is 12.8. The number of aromatic nitrogens is 5. The number of alkyl carbamates (subject to hydrolysis) is 1. The Morgan fingerprint density at radius 3 is 2.61 bits per heavy atom. The van der Waals surface area contributed by atoms with Crippen LogP contribution in [-0.4, -0.2) is 74.0 Å². The first-order chi connectivity index (χ1) is 19.5. The molecular formula is C26H30FN9O4S. The fourth-order valence-corrected chi connectivity index (χ4v) is 6.01. The van der Waals surface area contributed by atoms with Crippen LogP contribution in [0, 0.1) is 11.7 Å². The topological polar surface area (TPSA) is 156 Å². The van der Waals surface area contributed by atoms with Crippen molar-refractivity contribution in [2.45, 2.75) is 37.4 Å². The van der Waals surface area contributed by atoms with E-state index in [4.69, 9.17) is 9.47 Å². The van der Waals surface area contributed by atoms with Gasteiger partial charge in [-0.25, -0.2) is 29.1 Å². The number of methoxy groups -OCH3 is 1. The number of nitrogens with one attached hydrogen (secondary N) is 3. The third-order valence-corrected chi connectivity index (χ3v) is 7.68. The maximum Gasteiger partial charge on any atom is 0.409 e. The molecule has 2 saturated heterocycles. The summed E-state index contributed by atoms with van der Waals surface area (Å²) < 4.78 is 24.0. The number of hydrogen-bond acceptors (Lipinski definition) is 12. The minimum Gasteiger partial charge on any atom is -0.480 e. The van der Waals surface area contributed by atoms with Gasteiger partial charge in [0.05, 0.1) is 43.1 Å². The number of fused-ring (bicyclic) bond motifs is 1. The van der Waals surface area contributed by atoms with Crippen molar-refractivity contribution in [3.63, 3.8) is 0 Å². The molecule has 5 heterocycles. The zero-order valence-corrected chi connectivity index (χ0v) is 23.7. The summed E-state index contributed by atoms with van der Waals surface area (Å²) in [6, 6.07) is 3.46. The predicted molar refractivity (Wildman–Crippen MR) is 149 cm³/mol. The molecule has 3 aromatic heterocycles. The van der Waals surface area contributed by atoms with Gasteiger partial charge in [-0.1, -0.05) is 0 Å². The van der Waals surface area contributed by atoms with Crippen LogP contribution in [0.25, 0.3) is 0 Å². The zero-order chi connectivity index (χ0) is 29.2. The van der Waals surface area contributed by atoms with E-state index in [1.54, 1.807) is 39.1 Å². The Labute approximate surface area is 240 Å². The summed E-state index contributed by atoms with van der Waals surface area (Å²) in [6.07, 6.45) is 6.00. The number of nitrogens with zero attached hydrogens (tertiary/aromatic N) is 6. The highest BCUT2D eigenvalue weighted by atomic mass is 32.2. The van der Waals surface area contributed by atoms with Gasteiger partial charge >= 0.3 is 6.09 Å². The van der Waals surface area contributed by atoms with Gasteiger partial charge in [-0.3, -0.25) is 20.4 Å². The van der Waals surface area contributed by atoms with Crippen molar-refractivity contribution in [1.82, 2.24) is 35.6 Å². The molecule has 2 aliphatic heterocycles. The average Bonchev–Trinajstić information content (AvgIpc) is 3.33. The molecule has 41 heavy (non-hydrogen) atoms. The normalized spacial score (nSPS) is 22.0.